The van der Waals surface area contributed by atoms with Crippen molar-refractivity contribution in [3.63, 3.8) is 0 Å². The highest BCUT2D eigenvalue weighted by Gasteiger charge is 2.21. The van der Waals surface area contributed by atoms with Gasteiger partial charge in [-0.3, -0.25) is 4.98 Å². The summed E-state index contributed by atoms with van der Waals surface area (Å²) in [6, 6.07) is 43.0. The summed E-state index contributed by atoms with van der Waals surface area (Å²) >= 11 is 0. The van der Waals surface area contributed by atoms with Gasteiger partial charge in [-0.05, 0) is 95.7 Å². The van der Waals surface area contributed by atoms with E-state index in [1.807, 2.05) is 24.4 Å². The Hall–Kier alpha value is -6.05. The molecule has 7 rings (SSSR count). The lowest BCUT2D eigenvalue weighted by molar-refractivity contribution is 1.24. The van der Waals surface area contributed by atoms with E-state index in [4.69, 9.17) is 4.98 Å². The number of nitrogens with zero attached hydrogens (tertiary/aromatic N) is 1. The number of allylic oxidation sites excluding steroid dienone is 1. The predicted octanol–water partition coefficient (Wildman–Crippen LogP) is 13.4. The minimum absolute atomic E-state index is 0.872. The maximum atomic E-state index is 4.84. The molecule has 0 atom stereocenters. The third-order valence-corrected chi connectivity index (χ3v) is 9.41. The molecule has 1 heterocycles. The first-order valence-electron chi connectivity index (χ1n) is 16.4. The molecule has 0 radical (unpaired) electrons. The van der Waals surface area contributed by atoms with Crippen molar-refractivity contribution in [2.24, 2.45) is 0 Å². The van der Waals surface area contributed by atoms with Crippen LogP contribution in [0.2, 0.25) is 0 Å². The smallest absolute Gasteiger partial charge is 0.0702 e. The average Bonchev–Trinajstić information content (AvgIpc) is 3.16. The van der Waals surface area contributed by atoms with E-state index in [1.165, 1.54) is 10.8 Å². The van der Waals surface area contributed by atoms with E-state index in [1.54, 1.807) is 0 Å². The van der Waals surface area contributed by atoms with Gasteiger partial charge in [0.05, 0.1) is 5.69 Å². The van der Waals surface area contributed by atoms with Crippen LogP contribution >= 0.6 is 0 Å². The molecule has 0 amide bonds. The number of aromatic nitrogens is 1. The molecule has 0 saturated carbocycles. The first-order chi connectivity index (χ1) is 23.6. The lowest BCUT2D eigenvalue weighted by Gasteiger charge is -2.22. The van der Waals surface area contributed by atoms with Crippen LogP contribution in [-0.2, 0) is 0 Å². The SMILES string of the molecule is C=Cc1c(C(=C)CC)cccc1-c1c(C=C)c(C=C)c(-c2ccc(-c3ccc(-c4ccc5ccccc5c4)nc3)cc2)c2ccccc12. The van der Waals surface area contributed by atoms with Crippen molar-refractivity contribution in [2.45, 2.75) is 13.3 Å². The van der Waals surface area contributed by atoms with Crippen molar-refractivity contribution < 1.29 is 0 Å². The van der Waals surface area contributed by atoms with Gasteiger partial charge in [0.15, 0.2) is 0 Å². The number of hydrogen-bond acceptors (Lipinski definition) is 1. The van der Waals surface area contributed by atoms with Crippen molar-refractivity contribution in [3.8, 4) is 44.6 Å². The Morgan fingerprint density at radius 2 is 1.17 bits per heavy atom. The van der Waals surface area contributed by atoms with Gasteiger partial charge in [-0.15, -0.1) is 0 Å². The predicted molar refractivity (Wildman–Crippen MR) is 211 cm³/mol. The number of rotatable bonds is 9. The highest BCUT2D eigenvalue weighted by molar-refractivity contribution is 6.12. The molecule has 0 aliphatic carbocycles. The van der Waals surface area contributed by atoms with Crippen LogP contribution in [0.3, 0.4) is 0 Å². The molecule has 0 N–H and O–H groups in total. The van der Waals surface area contributed by atoms with Crippen molar-refractivity contribution in [1.29, 1.82) is 0 Å². The fourth-order valence-electron chi connectivity index (χ4n) is 6.92. The highest BCUT2D eigenvalue weighted by Crippen LogP contribution is 2.45. The minimum Gasteiger partial charge on any atom is -0.256 e. The standard InChI is InChI=1S/C47H37N/c1-6-31(5)41-19-14-20-42(38(41)7-2)47-40(9-4)39(8-3)46(43-17-12-13-18-44(43)47)34-24-21-33(22-25-34)37-27-28-45(48-30-37)36-26-23-32-15-10-11-16-35(32)29-36/h7-30H,2-6H2,1H3. The van der Waals surface area contributed by atoms with Crippen molar-refractivity contribution in [3.05, 3.63) is 176 Å². The number of hydrogen-bond donors (Lipinski definition) is 0. The summed E-state index contributed by atoms with van der Waals surface area (Å²) in [4.78, 5) is 4.84. The maximum absolute atomic E-state index is 4.84. The van der Waals surface area contributed by atoms with Crippen LogP contribution in [0.25, 0.3) is 90.0 Å². The second-order valence-electron chi connectivity index (χ2n) is 12.0. The molecule has 7 aromatic rings. The van der Waals surface area contributed by atoms with Gasteiger partial charge >= 0.3 is 0 Å². The van der Waals surface area contributed by atoms with E-state index < -0.39 is 0 Å². The second-order valence-corrected chi connectivity index (χ2v) is 12.0. The normalized spacial score (nSPS) is 11.0. The molecule has 6 aromatic carbocycles. The fraction of sp³-hybridized carbons (Fsp3) is 0.0426. The first-order valence-corrected chi connectivity index (χ1v) is 16.4. The van der Waals surface area contributed by atoms with Crippen LogP contribution in [-0.4, -0.2) is 4.98 Å². The highest BCUT2D eigenvalue weighted by atomic mass is 14.7. The topological polar surface area (TPSA) is 12.9 Å². The van der Waals surface area contributed by atoms with Crippen LogP contribution in [0, 0.1) is 0 Å². The lowest BCUT2D eigenvalue weighted by Crippen LogP contribution is -1.98. The minimum atomic E-state index is 0.872. The quantitative estimate of drug-likeness (QED) is 0.157. The second kappa shape index (κ2) is 13.0. The lowest BCUT2D eigenvalue weighted by atomic mass is 9.81. The zero-order valence-electron chi connectivity index (χ0n) is 27.3. The summed E-state index contributed by atoms with van der Waals surface area (Å²) in [5.41, 5.74) is 14.2. The summed E-state index contributed by atoms with van der Waals surface area (Å²) in [6.07, 6.45) is 8.72. The van der Waals surface area contributed by atoms with Gasteiger partial charge in [0.1, 0.15) is 0 Å². The third kappa shape index (κ3) is 5.30. The number of pyridine rings is 1. The van der Waals surface area contributed by atoms with Crippen molar-refractivity contribution >= 4 is 45.3 Å². The van der Waals surface area contributed by atoms with E-state index in [-0.39, 0.29) is 0 Å². The number of benzene rings is 6. The van der Waals surface area contributed by atoms with Crippen LogP contribution in [0.5, 0.6) is 0 Å². The molecule has 1 heteroatoms. The van der Waals surface area contributed by atoms with Crippen LogP contribution in [0.15, 0.2) is 154 Å². The Labute approximate surface area is 283 Å². The van der Waals surface area contributed by atoms with Crippen LogP contribution in [0.1, 0.15) is 35.6 Å². The Bertz CT molecular complexity index is 2370. The van der Waals surface area contributed by atoms with E-state index in [9.17, 15) is 0 Å². The van der Waals surface area contributed by atoms with Gasteiger partial charge in [-0.25, -0.2) is 0 Å². The molecule has 0 bridgehead atoms. The molecule has 230 valence electrons. The third-order valence-electron chi connectivity index (χ3n) is 9.41. The van der Waals surface area contributed by atoms with Crippen LogP contribution in [0.4, 0.5) is 0 Å². The maximum Gasteiger partial charge on any atom is 0.0702 e. The van der Waals surface area contributed by atoms with Gasteiger partial charge < -0.3 is 0 Å². The first kappa shape index (κ1) is 30.6. The monoisotopic (exact) mass is 615 g/mol. The molecule has 0 saturated heterocycles. The molecule has 0 spiro atoms. The Kier molecular flexibility index (Phi) is 8.28. The van der Waals surface area contributed by atoms with E-state index in [0.29, 0.717) is 0 Å². The molecule has 0 aliphatic heterocycles. The van der Waals surface area contributed by atoms with Gasteiger partial charge in [-0.2, -0.15) is 0 Å². The molecule has 0 unspecified atom stereocenters. The molecule has 1 nitrogen and oxygen atoms in total. The van der Waals surface area contributed by atoms with Crippen molar-refractivity contribution in [1.82, 2.24) is 4.98 Å². The average molecular weight is 616 g/mol. The molecule has 48 heavy (non-hydrogen) atoms. The summed E-state index contributed by atoms with van der Waals surface area (Å²) in [5.74, 6) is 0. The Morgan fingerprint density at radius 3 is 1.83 bits per heavy atom. The molecular formula is C47H37N. The summed E-state index contributed by atoms with van der Waals surface area (Å²) < 4.78 is 0. The summed E-state index contributed by atoms with van der Waals surface area (Å²) in [5, 5.41) is 4.77. The zero-order valence-corrected chi connectivity index (χ0v) is 27.3. The fourth-order valence-corrected chi connectivity index (χ4v) is 6.92. The Morgan fingerprint density at radius 1 is 0.562 bits per heavy atom. The van der Waals surface area contributed by atoms with Gasteiger partial charge in [0, 0.05) is 17.3 Å². The van der Waals surface area contributed by atoms with Gasteiger partial charge in [0.2, 0.25) is 0 Å². The molecular weight excluding hydrogens is 579 g/mol. The zero-order chi connectivity index (χ0) is 33.2. The Balaban J connectivity index is 1.32. The summed E-state index contributed by atoms with van der Waals surface area (Å²) in [6.45, 7) is 19.3. The molecule has 0 aliphatic rings. The van der Waals surface area contributed by atoms with E-state index in [2.05, 4.69) is 155 Å². The van der Waals surface area contributed by atoms with Crippen molar-refractivity contribution in [2.75, 3.05) is 0 Å². The van der Waals surface area contributed by atoms with Crippen LogP contribution < -0.4 is 0 Å². The van der Waals surface area contributed by atoms with E-state index >= 15 is 0 Å². The molecule has 0 fully saturated rings. The van der Waals surface area contributed by atoms with E-state index in [0.717, 1.165) is 89.7 Å². The molecule has 1 aromatic heterocycles. The largest absolute Gasteiger partial charge is 0.256 e. The van der Waals surface area contributed by atoms with Gasteiger partial charge in [-0.1, -0.05) is 161 Å². The van der Waals surface area contributed by atoms with Gasteiger partial charge in [0.25, 0.3) is 0 Å². The number of fused-ring (bicyclic) bond motifs is 2. The summed E-state index contributed by atoms with van der Waals surface area (Å²) in [7, 11) is 0.